The molecule has 2 aliphatic rings. The molecule has 2 aromatic heterocycles. The van der Waals surface area contributed by atoms with Crippen LogP contribution in [0.2, 0.25) is 0 Å². The molecule has 3 aromatic rings. The standard InChI is InChI=1S/C19H18FN5O3/c20-18-14-4-2-11(22-14)8-16(18)28-17-6-5-13(23-24-17)12-3-1-10(7-15(12)26)19-25-21-9-27-19/h1,3,5-7,9,11,14,16,18,22,26H,2,4,8H2/t11?,14?,16-,18+/m0/s1. The van der Waals surface area contributed by atoms with Crippen molar-refractivity contribution in [2.75, 3.05) is 0 Å². The van der Waals surface area contributed by atoms with Crippen LogP contribution in [0.25, 0.3) is 22.7 Å². The van der Waals surface area contributed by atoms with Crippen LogP contribution in [0.5, 0.6) is 11.6 Å². The quantitative estimate of drug-likeness (QED) is 0.708. The van der Waals surface area contributed by atoms with Crippen molar-refractivity contribution in [3.8, 4) is 34.3 Å². The molecule has 8 nitrogen and oxygen atoms in total. The lowest BCUT2D eigenvalue weighted by atomic mass is 10.0. The van der Waals surface area contributed by atoms with Crippen molar-refractivity contribution in [3.63, 3.8) is 0 Å². The number of hydrogen-bond donors (Lipinski definition) is 2. The number of aromatic hydroxyl groups is 1. The van der Waals surface area contributed by atoms with Gasteiger partial charge in [0.2, 0.25) is 18.2 Å². The molecule has 4 atom stereocenters. The molecule has 2 aliphatic heterocycles. The summed E-state index contributed by atoms with van der Waals surface area (Å²) in [5, 5.41) is 29.2. The van der Waals surface area contributed by atoms with E-state index < -0.39 is 12.3 Å². The molecular formula is C19H18FN5O3. The lowest BCUT2D eigenvalue weighted by molar-refractivity contribution is 0.0422. The molecule has 144 valence electrons. The fourth-order valence-electron chi connectivity index (χ4n) is 3.93. The van der Waals surface area contributed by atoms with E-state index in [1.807, 2.05) is 0 Å². The largest absolute Gasteiger partial charge is 0.507 e. The van der Waals surface area contributed by atoms with Gasteiger partial charge in [-0.3, -0.25) is 0 Å². The van der Waals surface area contributed by atoms with Crippen molar-refractivity contribution in [1.82, 2.24) is 25.7 Å². The summed E-state index contributed by atoms with van der Waals surface area (Å²) in [6.07, 6.45) is 2.10. The summed E-state index contributed by atoms with van der Waals surface area (Å²) < 4.78 is 25.4. The van der Waals surface area contributed by atoms with Crippen molar-refractivity contribution in [3.05, 3.63) is 36.7 Å². The lowest BCUT2D eigenvalue weighted by Crippen LogP contribution is -2.51. The number of phenols is 1. The first-order chi connectivity index (χ1) is 13.7. The first-order valence-electron chi connectivity index (χ1n) is 9.18. The van der Waals surface area contributed by atoms with Gasteiger partial charge in [0, 0.05) is 35.7 Å². The number of hydrogen-bond acceptors (Lipinski definition) is 8. The molecule has 0 saturated carbocycles. The molecule has 5 rings (SSSR count). The molecule has 0 aliphatic carbocycles. The topological polar surface area (TPSA) is 106 Å². The van der Waals surface area contributed by atoms with Crippen molar-refractivity contribution in [1.29, 1.82) is 0 Å². The SMILES string of the molecule is Oc1cc(-c2nnco2)ccc1-c1ccc(O[C@H]2CC3CCC(N3)[C@H]2F)nn1. The number of ether oxygens (including phenoxy) is 1. The van der Waals surface area contributed by atoms with Gasteiger partial charge in [0.1, 0.15) is 11.9 Å². The summed E-state index contributed by atoms with van der Waals surface area (Å²) in [7, 11) is 0. The van der Waals surface area contributed by atoms with E-state index in [1.54, 1.807) is 24.3 Å². The minimum absolute atomic E-state index is 0.0115. The number of alkyl halides is 1. The number of nitrogens with one attached hydrogen (secondary N) is 1. The Bertz CT molecular complexity index is 966. The molecule has 4 heterocycles. The summed E-state index contributed by atoms with van der Waals surface area (Å²) in [6, 6.07) is 8.47. The van der Waals surface area contributed by atoms with Gasteiger partial charge in [-0.05, 0) is 37.1 Å². The number of benzene rings is 1. The molecule has 2 N–H and O–H groups in total. The Morgan fingerprint density at radius 3 is 2.82 bits per heavy atom. The first kappa shape index (κ1) is 17.1. The molecule has 2 unspecified atom stereocenters. The van der Waals surface area contributed by atoms with Crippen LogP contribution >= 0.6 is 0 Å². The van der Waals surface area contributed by atoms with Gasteiger partial charge in [-0.15, -0.1) is 20.4 Å². The van der Waals surface area contributed by atoms with Crippen molar-refractivity contribution in [2.45, 2.75) is 43.6 Å². The highest BCUT2D eigenvalue weighted by Gasteiger charge is 2.43. The van der Waals surface area contributed by atoms with Crippen LogP contribution in [0.4, 0.5) is 4.39 Å². The third-order valence-electron chi connectivity index (χ3n) is 5.33. The molecule has 0 spiro atoms. The Labute approximate surface area is 159 Å². The van der Waals surface area contributed by atoms with E-state index in [-0.39, 0.29) is 17.7 Å². The zero-order valence-electron chi connectivity index (χ0n) is 14.8. The fraction of sp³-hybridized carbons (Fsp3) is 0.368. The van der Waals surface area contributed by atoms with E-state index in [2.05, 4.69) is 25.7 Å². The molecule has 9 heteroatoms. The number of fused-ring (bicyclic) bond motifs is 2. The Morgan fingerprint density at radius 2 is 2.07 bits per heavy atom. The monoisotopic (exact) mass is 383 g/mol. The highest BCUT2D eigenvalue weighted by atomic mass is 19.1. The van der Waals surface area contributed by atoms with Crippen molar-refractivity contribution < 1.29 is 18.7 Å². The molecule has 2 fully saturated rings. The van der Waals surface area contributed by atoms with E-state index in [0.29, 0.717) is 35.2 Å². The van der Waals surface area contributed by atoms with Crippen molar-refractivity contribution in [2.24, 2.45) is 0 Å². The molecule has 1 aromatic carbocycles. The highest BCUT2D eigenvalue weighted by molar-refractivity contribution is 5.71. The Hall–Kier alpha value is -3.07. The van der Waals surface area contributed by atoms with Gasteiger partial charge >= 0.3 is 0 Å². The number of halogens is 1. The third-order valence-corrected chi connectivity index (χ3v) is 5.33. The summed E-state index contributed by atoms with van der Waals surface area (Å²) in [5.41, 5.74) is 1.58. The molecule has 28 heavy (non-hydrogen) atoms. The average Bonchev–Trinajstić information content (AvgIpc) is 3.37. The second-order valence-electron chi connectivity index (χ2n) is 7.12. The fourth-order valence-corrected chi connectivity index (χ4v) is 3.93. The minimum Gasteiger partial charge on any atom is -0.507 e. The predicted octanol–water partition coefficient (Wildman–Crippen LogP) is 2.51. The van der Waals surface area contributed by atoms with E-state index in [1.165, 1.54) is 12.5 Å². The van der Waals surface area contributed by atoms with Gasteiger partial charge in [0.25, 0.3) is 0 Å². The molecular weight excluding hydrogens is 365 g/mol. The van der Waals surface area contributed by atoms with Gasteiger partial charge in [0.05, 0.1) is 5.69 Å². The lowest BCUT2D eigenvalue weighted by Gasteiger charge is -2.32. The Balaban J connectivity index is 1.32. The first-order valence-corrected chi connectivity index (χ1v) is 9.18. The number of aromatic nitrogens is 4. The summed E-state index contributed by atoms with van der Waals surface area (Å²) >= 11 is 0. The van der Waals surface area contributed by atoms with Crippen LogP contribution in [0, 0.1) is 0 Å². The number of nitrogens with zero attached hydrogens (tertiary/aromatic N) is 4. The number of rotatable bonds is 4. The Kier molecular flexibility index (Phi) is 4.16. The number of phenolic OH excluding ortho intramolecular Hbond substituents is 1. The average molecular weight is 383 g/mol. The maximum atomic E-state index is 14.5. The molecule has 2 saturated heterocycles. The predicted molar refractivity (Wildman–Crippen MR) is 96.3 cm³/mol. The maximum absolute atomic E-state index is 14.5. The molecule has 2 bridgehead atoms. The van der Waals surface area contributed by atoms with Gasteiger partial charge in [-0.2, -0.15) is 0 Å². The smallest absolute Gasteiger partial charge is 0.247 e. The van der Waals surface area contributed by atoms with E-state index >= 15 is 0 Å². The van der Waals surface area contributed by atoms with Crippen LogP contribution in [-0.2, 0) is 0 Å². The number of piperidine rings is 1. The summed E-state index contributed by atoms with van der Waals surface area (Å²) in [6.45, 7) is 0. The van der Waals surface area contributed by atoms with E-state index in [9.17, 15) is 9.50 Å². The zero-order valence-corrected chi connectivity index (χ0v) is 14.8. The van der Waals surface area contributed by atoms with Crippen LogP contribution in [-0.4, -0.2) is 49.9 Å². The van der Waals surface area contributed by atoms with Gasteiger partial charge in [0.15, 0.2) is 6.17 Å². The zero-order chi connectivity index (χ0) is 19.1. The van der Waals surface area contributed by atoms with Crippen LogP contribution in [0.1, 0.15) is 19.3 Å². The van der Waals surface area contributed by atoms with E-state index in [0.717, 1.165) is 12.8 Å². The van der Waals surface area contributed by atoms with Crippen molar-refractivity contribution >= 4 is 0 Å². The van der Waals surface area contributed by atoms with Gasteiger partial charge in [-0.1, -0.05) is 0 Å². The summed E-state index contributed by atoms with van der Waals surface area (Å²) in [5.74, 6) is 0.602. The van der Waals surface area contributed by atoms with Gasteiger partial charge < -0.3 is 19.6 Å². The maximum Gasteiger partial charge on any atom is 0.247 e. The molecule has 0 radical (unpaired) electrons. The highest BCUT2D eigenvalue weighted by Crippen LogP contribution is 2.33. The second-order valence-corrected chi connectivity index (χ2v) is 7.12. The molecule has 0 amide bonds. The van der Waals surface area contributed by atoms with Crippen LogP contribution in [0.3, 0.4) is 0 Å². The van der Waals surface area contributed by atoms with E-state index in [4.69, 9.17) is 9.15 Å². The van der Waals surface area contributed by atoms with Gasteiger partial charge in [-0.25, -0.2) is 4.39 Å². The van der Waals surface area contributed by atoms with Crippen LogP contribution < -0.4 is 10.1 Å². The normalized spacial score (nSPS) is 26.3. The Morgan fingerprint density at radius 1 is 1.14 bits per heavy atom. The summed E-state index contributed by atoms with van der Waals surface area (Å²) in [4.78, 5) is 0. The minimum atomic E-state index is -1.05. The third kappa shape index (κ3) is 3.07. The second kappa shape index (κ2) is 6.83. The van der Waals surface area contributed by atoms with Crippen LogP contribution in [0.15, 0.2) is 41.1 Å².